The highest BCUT2D eigenvalue weighted by molar-refractivity contribution is 6.04. The summed E-state index contributed by atoms with van der Waals surface area (Å²) in [4.78, 5) is 29.1. The number of hydrogen-bond acceptors (Lipinski definition) is 4. The second-order valence-electron chi connectivity index (χ2n) is 8.47. The summed E-state index contributed by atoms with van der Waals surface area (Å²) in [5.74, 6) is -1.17. The highest BCUT2D eigenvalue weighted by atomic mass is 16.4. The van der Waals surface area contributed by atoms with Crippen molar-refractivity contribution in [1.82, 2.24) is 9.80 Å². The number of carbonyl (C=O) groups is 2. The number of amides is 1. The van der Waals surface area contributed by atoms with Gasteiger partial charge in [-0.05, 0) is 61.8 Å². The molecule has 1 saturated heterocycles. The van der Waals surface area contributed by atoms with E-state index in [1.807, 2.05) is 12.1 Å². The molecule has 3 atom stereocenters. The average molecular weight is 394 g/mol. The fraction of sp³-hybridized carbons (Fsp3) is 0.391. The molecule has 4 rings (SSSR count). The number of hydrogen-bond donors (Lipinski definition) is 2. The monoisotopic (exact) mass is 394 g/mol. The Hall–Kier alpha value is -2.86. The third-order valence-corrected chi connectivity index (χ3v) is 6.83. The number of aromatic hydroxyl groups is 1. The number of carboxylic acids is 1. The lowest BCUT2D eigenvalue weighted by Crippen LogP contribution is -2.67. The van der Waals surface area contributed by atoms with Crippen molar-refractivity contribution in [2.24, 2.45) is 0 Å². The number of carbonyl (C=O) groups excluding carboxylic acids is 1. The first-order valence-electron chi connectivity index (χ1n) is 9.86. The number of piperidine rings is 1. The molecule has 1 unspecified atom stereocenters. The molecule has 2 aliphatic rings. The van der Waals surface area contributed by atoms with Crippen molar-refractivity contribution < 1.29 is 19.8 Å². The third-order valence-electron chi connectivity index (χ3n) is 6.83. The van der Waals surface area contributed by atoms with E-state index in [9.17, 15) is 19.8 Å². The van der Waals surface area contributed by atoms with Gasteiger partial charge in [-0.15, -0.1) is 0 Å². The van der Waals surface area contributed by atoms with Crippen molar-refractivity contribution in [3.8, 4) is 5.75 Å². The molecule has 6 nitrogen and oxygen atoms in total. The zero-order chi connectivity index (χ0) is 20.9. The van der Waals surface area contributed by atoms with Crippen molar-refractivity contribution in [1.29, 1.82) is 0 Å². The number of rotatable bonds is 3. The number of likely N-dealkylation sites (N-methyl/N-ethyl adjacent to an activating group) is 2. The summed E-state index contributed by atoms with van der Waals surface area (Å²) in [7, 11) is 3.84. The largest absolute Gasteiger partial charge is 0.508 e. The molecule has 1 fully saturated rings. The van der Waals surface area contributed by atoms with E-state index in [1.165, 1.54) is 11.6 Å². The molecule has 2 N–H and O–H groups in total. The van der Waals surface area contributed by atoms with E-state index < -0.39 is 5.97 Å². The highest BCUT2D eigenvalue weighted by Crippen LogP contribution is 2.47. The number of aromatic carboxylic acids is 1. The van der Waals surface area contributed by atoms with E-state index in [4.69, 9.17) is 0 Å². The van der Waals surface area contributed by atoms with Crippen LogP contribution in [0.3, 0.4) is 0 Å². The Bertz CT molecular complexity index is 989. The van der Waals surface area contributed by atoms with Gasteiger partial charge in [-0.1, -0.05) is 25.1 Å². The molecule has 1 amide bonds. The molecule has 1 aliphatic carbocycles. The lowest BCUT2D eigenvalue weighted by atomic mass is 9.61. The van der Waals surface area contributed by atoms with Gasteiger partial charge < -0.3 is 20.0 Å². The summed E-state index contributed by atoms with van der Waals surface area (Å²) in [5.41, 5.74) is 2.17. The Morgan fingerprint density at radius 1 is 1.17 bits per heavy atom. The van der Waals surface area contributed by atoms with Crippen LogP contribution in [0, 0.1) is 0 Å². The number of fused-ring (bicyclic) bond motifs is 4. The maximum Gasteiger partial charge on any atom is 0.336 e. The summed E-state index contributed by atoms with van der Waals surface area (Å²) in [5, 5.41) is 19.6. The van der Waals surface area contributed by atoms with Crippen LogP contribution < -0.4 is 0 Å². The molecule has 152 valence electrons. The molecule has 29 heavy (non-hydrogen) atoms. The van der Waals surface area contributed by atoms with Crippen molar-refractivity contribution in [3.05, 3.63) is 64.7 Å². The molecule has 0 saturated carbocycles. The summed E-state index contributed by atoms with van der Waals surface area (Å²) in [6.45, 7) is 3.06. The summed E-state index contributed by atoms with van der Waals surface area (Å²) >= 11 is 0. The predicted octanol–water partition coefficient (Wildman–Crippen LogP) is 2.75. The first-order valence-corrected chi connectivity index (χ1v) is 9.86. The van der Waals surface area contributed by atoms with Crippen LogP contribution in [-0.2, 0) is 11.8 Å². The van der Waals surface area contributed by atoms with Gasteiger partial charge >= 0.3 is 5.97 Å². The van der Waals surface area contributed by atoms with Crippen LogP contribution >= 0.6 is 0 Å². The minimum absolute atomic E-state index is 0.0156. The number of nitrogens with zero attached hydrogens (tertiary/aromatic N) is 2. The Morgan fingerprint density at radius 3 is 2.55 bits per heavy atom. The minimum atomic E-state index is -1.11. The quantitative estimate of drug-likeness (QED) is 0.837. The standard InChI is InChI=1S/C23H26N2O4/c1-23-10-11-24(2)19(12-14-8-9-15(26)13-18(14)23)20(23)25(3)21(27)16-6-4-5-7-17(16)22(28)29/h4-9,13,19-20,26H,10-12H2,1-3H3,(H,28,29)/t19?,20-,23+/m0/s1. The van der Waals surface area contributed by atoms with Crippen LogP contribution in [0.15, 0.2) is 42.5 Å². The fourth-order valence-electron chi connectivity index (χ4n) is 5.31. The number of benzene rings is 2. The Balaban J connectivity index is 1.79. The number of phenols is 1. The molecule has 0 spiro atoms. The molecule has 0 radical (unpaired) electrons. The smallest absolute Gasteiger partial charge is 0.336 e. The minimum Gasteiger partial charge on any atom is -0.508 e. The van der Waals surface area contributed by atoms with Crippen molar-refractivity contribution in [3.63, 3.8) is 0 Å². The van der Waals surface area contributed by atoms with Crippen LogP contribution in [0.4, 0.5) is 0 Å². The molecular weight excluding hydrogens is 368 g/mol. The van der Waals surface area contributed by atoms with E-state index in [1.54, 1.807) is 36.2 Å². The van der Waals surface area contributed by atoms with Gasteiger partial charge in [0.25, 0.3) is 5.91 Å². The van der Waals surface area contributed by atoms with E-state index in [0.29, 0.717) is 0 Å². The van der Waals surface area contributed by atoms with Gasteiger partial charge in [0.1, 0.15) is 5.75 Å². The Labute approximate surface area is 170 Å². The van der Waals surface area contributed by atoms with Crippen molar-refractivity contribution >= 4 is 11.9 Å². The van der Waals surface area contributed by atoms with Gasteiger partial charge in [-0.3, -0.25) is 4.79 Å². The van der Waals surface area contributed by atoms with Gasteiger partial charge in [0.05, 0.1) is 17.2 Å². The fourth-order valence-corrected chi connectivity index (χ4v) is 5.31. The molecule has 1 aliphatic heterocycles. The lowest BCUT2D eigenvalue weighted by Gasteiger charge is -2.57. The molecular formula is C23H26N2O4. The molecule has 2 aromatic rings. The predicted molar refractivity (Wildman–Crippen MR) is 109 cm³/mol. The number of carboxylic acid groups (broad SMARTS) is 1. The number of phenolic OH excluding ortho intramolecular Hbond substituents is 1. The van der Waals surface area contributed by atoms with Gasteiger partial charge in [0, 0.05) is 18.5 Å². The van der Waals surface area contributed by atoms with E-state index in [2.05, 4.69) is 18.9 Å². The van der Waals surface area contributed by atoms with Crippen LogP contribution in [0.2, 0.25) is 0 Å². The zero-order valence-corrected chi connectivity index (χ0v) is 16.9. The normalized spacial score (nSPS) is 25.9. The van der Waals surface area contributed by atoms with Gasteiger partial charge in [0.2, 0.25) is 0 Å². The summed E-state index contributed by atoms with van der Waals surface area (Å²) in [6.07, 6.45) is 1.63. The first kappa shape index (κ1) is 19.5. The van der Waals surface area contributed by atoms with Crippen molar-refractivity contribution in [2.75, 3.05) is 20.6 Å². The van der Waals surface area contributed by atoms with Gasteiger partial charge in [-0.25, -0.2) is 4.79 Å². The molecule has 2 bridgehead atoms. The first-order chi connectivity index (χ1) is 13.7. The average Bonchev–Trinajstić information content (AvgIpc) is 2.70. The maximum absolute atomic E-state index is 13.4. The van der Waals surface area contributed by atoms with E-state index >= 15 is 0 Å². The Morgan fingerprint density at radius 2 is 1.86 bits per heavy atom. The van der Waals surface area contributed by atoms with Gasteiger partial charge in [-0.2, -0.15) is 0 Å². The van der Waals surface area contributed by atoms with Crippen LogP contribution in [0.1, 0.15) is 45.2 Å². The van der Waals surface area contributed by atoms with E-state index in [0.717, 1.165) is 24.9 Å². The topological polar surface area (TPSA) is 81.1 Å². The van der Waals surface area contributed by atoms with Gasteiger partial charge in [0.15, 0.2) is 0 Å². The molecule has 0 aromatic heterocycles. The SMILES string of the molecule is CN1CC[C@]2(C)c3cc(O)ccc3CC1[C@@H]2N(C)C(=O)c1ccccc1C(=O)O. The summed E-state index contributed by atoms with van der Waals surface area (Å²) in [6, 6.07) is 11.9. The van der Waals surface area contributed by atoms with Crippen LogP contribution in [0.25, 0.3) is 0 Å². The second-order valence-corrected chi connectivity index (χ2v) is 8.47. The highest BCUT2D eigenvalue weighted by Gasteiger charge is 2.52. The molecule has 2 aromatic carbocycles. The van der Waals surface area contributed by atoms with Crippen LogP contribution in [-0.4, -0.2) is 64.6 Å². The zero-order valence-electron chi connectivity index (χ0n) is 16.9. The lowest BCUT2D eigenvalue weighted by molar-refractivity contribution is 0.00517. The van der Waals surface area contributed by atoms with Crippen LogP contribution in [0.5, 0.6) is 5.75 Å². The number of likely N-dealkylation sites (tertiary alicyclic amines) is 1. The second kappa shape index (κ2) is 6.88. The molecule has 6 heteroatoms. The van der Waals surface area contributed by atoms with Crippen molar-refractivity contribution in [2.45, 2.75) is 37.3 Å². The third kappa shape index (κ3) is 2.99. The Kier molecular flexibility index (Phi) is 4.62. The summed E-state index contributed by atoms with van der Waals surface area (Å²) < 4.78 is 0. The molecule has 1 heterocycles. The maximum atomic E-state index is 13.4. The van der Waals surface area contributed by atoms with E-state index in [-0.39, 0.29) is 40.3 Å².